The van der Waals surface area contributed by atoms with Crippen LogP contribution in [0.3, 0.4) is 0 Å². The summed E-state index contributed by atoms with van der Waals surface area (Å²) in [6.07, 6.45) is 0.368. The molecule has 9 heteroatoms. The van der Waals surface area contributed by atoms with Crippen LogP contribution in [0.2, 0.25) is 0 Å². The van der Waals surface area contributed by atoms with Gasteiger partial charge in [0.25, 0.3) is 5.91 Å². The van der Waals surface area contributed by atoms with E-state index in [1.54, 1.807) is 23.1 Å². The lowest BCUT2D eigenvalue weighted by molar-refractivity contribution is -0.117. The first-order valence-electron chi connectivity index (χ1n) is 10.9. The Morgan fingerprint density at radius 1 is 1.09 bits per heavy atom. The third-order valence-electron chi connectivity index (χ3n) is 5.29. The highest BCUT2D eigenvalue weighted by molar-refractivity contribution is 7.15. The fourth-order valence-electron chi connectivity index (χ4n) is 3.66. The fourth-order valence-corrected chi connectivity index (χ4v) is 4.49. The van der Waals surface area contributed by atoms with E-state index in [0.29, 0.717) is 48.4 Å². The minimum absolute atomic E-state index is 0.0579. The van der Waals surface area contributed by atoms with Crippen LogP contribution in [0.5, 0.6) is 11.5 Å². The molecule has 1 unspecified atom stereocenters. The van der Waals surface area contributed by atoms with Gasteiger partial charge in [-0.1, -0.05) is 29.0 Å². The Bertz CT molecular complexity index is 1150. The van der Waals surface area contributed by atoms with Crippen molar-refractivity contribution in [2.75, 3.05) is 30.0 Å². The van der Waals surface area contributed by atoms with Gasteiger partial charge in [0.2, 0.25) is 11.0 Å². The number of aromatic nitrogens is 2. The molecule has 3 aromatic rings. The Labute approximate surface area is 196 Å². The molecule has 2 heterocycles. The number of hydrogen-bond donors (Lipinski definition) is 1. The molecule has 0 spiro atoms. The third-order valence-corrected chi connectivity index (χ3v) is 6.29. The van der Waals surface area contributed by atoms with E-state index < -0.39 is 0 Å². The van der Waals surface area contributed by atoms with Gasteiger partial charge in [0.1, 0.15) is 5.01 Å². The van der Waals surface area contributed by atoms with Crippen LogP contribution in [0, 0.1) is 6.92 Å². The number of aryl methyl sites for hydroxylation is 1. The molecular weight excluding hydrogens is 440 g/mol. The Kier molecular flexibility index (Phi) is 6.88. The first-order chi connectivity index (χ1) is 16.0. The zero-order chi connectivity index (χ0) is 23.4. The molecule has 33 heavy (non-hydrogen) atoms. The Hall–Kier alpha value is -3.46. The predicted octanol–water partition coefficient (Wildman–Crippen LogP) is 4.42. The summed E-state index contributed by atoms with van der Waals surface area (Å²) in [6, 6.07) is 12.9. The average Bonchev–Trinajstić information content (AvgIpc) is 3.42. The van der Waals surface area contributed by atoms with Crippen molar-refractivity contribution in [3.63, 3.8) is 0 Å². The number of nitrogens with zero attached hydrogens (tertiary/aromatic N) is 3. The van der Waals surface area contributed by atoms with E-state index >= 15 is 0 Å². The van der Waals surface area contributed by atoms with E-state index in [1.165, 1.54) is 11.3 Å². The standard InChI is InChI=1S/C24H26N4O4S/c1-4-31-19-11-8-16(12-20(19)32-5-2)22(30)25-24-27-26-23(33-24)17-13-21(29)28(14-17)18-9-6-15(3)7-10-18/h6-12,17H,4-5,13-14H2,1-3H3,(H,25,27,30). The van der Waals surface area contributed by atoms with Crippen LogP contribution in [0.25, 0.3) is 0 Å². The summed E-state index contributed by atoms with van der Waals surface area (Å²) < 4.78 is 11.1. The number of carbonyl (C=O) groups excluding carboxylic acids is 2. The average molecular weight is 467 g/mol. The minimum atomic E-state index is -0.314. The van der Waals surface area contributed by atoms with Gasteiger partial charge < -0.3 is 14.4 Å². The van der Waals surface area contributed by atoms with Gasteiger partial charge in [-0.05, 0) is 51.1 Å². The van der Waals surface area contributed by atoms with Gasteiger partial charge in [-0.25, -0.2) is 0 Å². The number of ether oxygens (including phenoxy) is 2. The molecule has 2 aromatic carbocycles. The molecule has 8 nitrogen and oxygen atoms in total. The normalized spacial score (nSPS) is 15.5. The van der Waals surface area contributed by atoms with Crippen molar-refractivity contribution in [1.82, 2.24) is 10.2 Å². The summed E-state index contributed by atoms with van der Waals surface area (Å²) in [5.41, 5.74) is 2.46. The second-order valence-corrected chi connectivity index (χ2v) is 8.68. The summed E-state index contributed by atoms with van der Waals surface area (Å²) in [5, 5.41) is 12.3. The van der Waals surface area contributed by atoms with Crippen LogP contribution >= 0.6 is 11.3 Å². The molecule has 1 fully saturated rings. The summed E-state index contributed by atoms with van der Waals surface area (Å²) >= 11 is 1.29. The number of carbonyl (C=O) groups is 2. The quantitative estimate of drug-likeness (QED) is 0.528. The van der Waals surface area contributed by atoms with Crippen LogP contribution in [-0.4, -0.2) is 41.8 Å². The van der Waals surface area contributed by atoms with Gasteiger partial charge in [0.05, 0.1) is 13.2 Å². The van der Waals surface area contributed by atoms with E-state index in [2.05, 4.69) is 15.5 Å². The molecular formula is C24H26N4O4S. The second-order valence-electron chi connectivity index (χ2n) is 7.67. The molecule has 0 bridgehead atoms. The maximum Gasteiger partial charge on any atom is 0.257 e. The topological polar surface area (TPSA) is 93.7 Å². The van der Waals surface area contributed by atoms with Crippen LogP contribution in [0.4, 0.5) is 10.8 Å². The smallest absolute Gasteiger partial charge is 0.257 e. The largest absolute Gasteiger partial charge is 0.490 e. The van der Waals surface area contributed by atoms with Crippen molar-refractivity contribution in [1.29, 1.82) is 0 Å². The molecule has 1 aromatic heterocycles. The highest BCUT2D eigenvalue weighted by atomic mass is 32.1. The molecule has 0 aliphatic carbocycles. The lowest BCUT2D eigenvalue weighted by Gasteiger charge is -2.16. The van der Waals surface area contributed by atoms with Gasteiger partial charge in [0, 0.05) is 30.1 Å². The maximum atomic E-state index is 12.8. The van der Waals surface area contributed by atoms with Crippen molar-refractivity contribution in [3.05, 3.63) is 58.6 Å². The van der Waals surface area contributed by atoms with Gasteiger partial charge >= 0.3 is 0 Å². The summed E-state index contributed by atoms with van der Waals surface area (Å²) in [7, 11) is 0. The van der Waals surface area contributed by atoms with Gasteiger partial charge in [-0.2, -0.15) is 0 Å². The van der Waals surface area contributed by atoms with Crippen LogP contribution in [-0.2, 0) is 4.79 Å². The first-order valence-corrected chi connectivity index (χ1v) is 11.7. The lowest BCUT2D eigenvalue weighted by Crippen LogP contribution is -2.24. The van der Waals surface area contributed by atoms with E-state index in [9.17, 15) is 9.59 Å². The van der Waals surface area contributed by atoms with Crippen molar-refractivity contribution < 1.29 is 19.1 Å². The van der Waals surface area contributed by atoms with Crippen LogP contribution in [0.15, 0.2) is 42.5 Å². The van der Waals surface area contributed by atoms with Gasteiger partial charge in [-0.3, -0.25) is 14.9 Å². The zero-order valence-electron chi connectivity index (χ0n) is 18.8. The third kappa shape index (κ3) is 5.14. The maximum absolute atomic E-state index is 12.8. The molecule has 4 rings (SSSR count). The Morgan fingerprint density at radius 3 is 2.55 bits per heavy atom. The minimum Gasteiger partial charge on any atom is -0.490 e. The molecule has 172 valence electrons. The number of rotatable bonds is 8. The zero-order valence-corrected chi connectivity index (χ0v) is 19.6. The molecule has 1 aliphatic heterocycles. The summed E-state index contributed by atoms with van der Waals surface area (Å²) in [4.78, 5) is 27.1. The fraction of sp³-hybridized carbons (Fsp3) is 0.333. The second kappa shape index (κ2) is 9.99. The highest BCUT2D eigenvalue weighted by Crippen LogP contribution is 2.35. The number of anilines is 2. The van der Waals surface area contributed by atoms with Gasteiger partial charge in [-0.15, -0.1) is 10.2 Å². The first kappa shape index (κ1) is 22.7. The molecule has 2 amide bonds. The number of nitrogens with one attached hydrogen (secondary N) is 1. The molecule has 0 radical (unpaired) electrons. The summed E-state index contributed by atoms with van der Waals surface area (Å²) in [6.45, 7) is 7.29. The van der Waals surface area contributed by atoms with Crippen LogP contribution in [0.1, 0.15) is 47.1 Å². The number of benzene rings is 2. The number of hydrogen-bond acceptors (Lipinski definition) is 7. The molecule has 1 atom stereocenters. The molecule has 1 N–H and O–H groups in total. The van der Waals surface area contributed by atoms with E-state index in [-0.39, 0.29) is 17.7 Å². The Balaban J connectivity index is 1.43. The van der Waals surface area contributed by atoms with Crippen molar-refractivity contribution >= 4 is 34.0 Å². The van der Waals surface area contributed by atoms with E-state index in [0.717, 1.165) is 16.3 Å². The SMILES string of the molecule is CCOc1ccc(C(=O)Nc2nnc(C3CC(=O)N(c4ccc(C)cc4)C3)s2)cc1OCC. The molecule has 0 saturated carbocycles. The molecule has 1 aliphatic rings. The van der Waals surface area contributed by atoms with Crippen LogP contribution < -0.4 is 19.7 Å². The number of amides is 2. The van der Waals surface area contributed by atoms with Crippen molar-refractivity contribution in [2.24, 2.45) is 0 Å². The highest BCUT2D eigenvalue weighted by Gasteiger charge is 2.34. The Morgan fingerprint density at radius 2 is 1.82 bits per heavy atom. The van der Waals surface area contributed by atoms with Crippen molar-refractivity contribution in [2.45, 2.75) is 33.1 Å². The van der Waals surface area contributed by atoms with Gasteiger partial charge in [0.15, 0.2) is 11.5 Å². The predicted molar refractivity (Wildman–Crippen MR) is 128 cm³/mol. The van der Waals surface area contributed by atoms with E-state index in [1.807, 2.05) is 45.0 Å². The monoisotopic (exact) mass is 466 g/mol. The van der Waals surface area contributed by atoms with E-state index in [4.69, 9.17) is 9.47 Å². The van der Waals surface area contributed by atoms with Crippen molar-refractivity contribution in [3.8, 4) is 11.5 Å². The summed E-state index contributed by atoms with van der Waals surface area (Å²) in [5.74, 6) is 0.800. The molecule has 1 saturated heterocycles. The lowest BCUT2D eigenvalue weighted by atomic mass is 10.1.